The number of amides is 1. The summed E-state index contributed by atoms with van der Waals surface area (Å²) in [7, 11) is 0. The molecule has 2 aromatic carbocycles. The molecule has 1 saturated heterocycles. The van der Waals surface area contributed by atoms with Gasteiger partial charge in [-0.3, -0.25) is 4.79 Å². The van der Waals surface area contributed by atoms with Crippen molar-refractivity contribution in [2.24, 2.45) is 5.92 Å². The Morgan fingerprint density at radius 3 is 2.52 bits per heavy atom. The van der Waals surface area contributed by atoms with Crippen LogP contribution in [0.15, 0.2) is 54.9 Å². The molecule has 0 aliphatic carbocycles. The van der Waals surface area contributed by atoms with E-state index in [9.17, 15) is 4.79 Å². The predicted molar refractivity (Wildman–Crippen MR) is 123 cm³/mol. The quantitative estimate of drug-likeness (QED) is 0.630. The van der Waals surface area contributed by atoms with E-state index in [4.69, 9.17) is 4.74 Å². The first-order valence-corrected chi connectivity index (χ1v) is 10.7. The maximum absolute atomic E-state index is 12.8. The number of ether oxygens (including phenoxy) is 1. The monoisotopic (exact) mass is 416 g/mol. The fraction of sp³-hybridized carbons (Fsp3) is 0.320. The van der Waals surface area contributed by atoms with Gasteiger partial charge in [0.25, 0.3) is 5.88 Å². The van der Waals surface area contributed by atoms with Gasteiger partial charge in [-0.05, 0) is 74.6 Å². The van der Waals surface area contributed by atoms with Gasteiger partial charge in [0.2, 0.25) is 5.91 Å². The average molecular weight is 417 g/mol. The Hall–Kier alpha value is -3.41. The molecule has 160 valence electrons. The lowest BCUT2D eigenvalue weighted by Crippen LogP contribution is -2.38. The summed E-state index contributed by atoms with van der Waals surface area (Å²) in [5, 5.41) is 3.07. The first kappa shape index (κ1) is 20.8. The fourth-order valence-corrected chi connectivity index (χ4v) is 3.81. The second-order valence-corrected chi connectivity index (χ2v) is 8.15. The topological polar surface area (TPSA) is 67.4 Å². The van der Waals surface area contributed by atoms with Crippen LogP contribution in [-0.4, -0.2) is 29.0 Å². The van der Waals surface area contributed by atoms with Gasteiger partial charge in [0, 0.05) is 37.1 Å². The van der Waals surface area contributed by atoms with Gasteiger partial charge in [-0.25, -0.2) is 9.97 Å². The Kier molecular flexibility index (Phi) is 6.16. The zero-order valence-electron chi connectivity index (χ0n) is 18.3. The van der Waals surface area contributed by atoms with Gasteiger partial charge >= 0.3 is 0 Å². The molecule has 6 nitrogen and oxygen atoms in total. The average Bonchev–Trinajstić information content (AvgIpc) is 2.77. The molecule has 0 radical (unpaired) electrons. The van der Waals surface area contributed by atoms with E-state index in [0.29, 0.717) is 5.88 Å². The lowest BCUT2D eigenvalue weighted by molar-refractivity contribution is -0.120. The first-order valence-electron chi connectivity index (χ1n) is 10.7. The van der Waals surface area contributed by atoms with E-state index < -0.39 is 0 Å². The summed E-state index contributed by atoms with van der Waals surface area (Å²) in [6, 6.07) is 13.9. The summed E-state index contributed by atoms with van der Waals surface area (Å²) in [5.41, 5.74) is 4.38. The van der Waals surface area contributed by atoms with Crippen LogP contribution in [0.1, 0.15) is 29.5 Å². The van der Waals surface area contributed by atoms with E-state index in [1.165, 1.54) is 11.1 Å². The van der Waals surface area contributed by atoms with Gasteiger partial charge in [-0.15, -0.1) is 0 Å². The molecule has 1 fully saturated rings. The van der Waals surface area contributed by atoms with Crippen LogP contribution in [0.2, 0.25) is 0 Å². The molecule has 0 unspecified atom stereocenters. The number of nitrogens with one attached hydrogen (secondary N) is 1. The van der Waals surface area contributed by atoms with E-state index in [1.807, 2.05) is 49.4 Å². The van der Waals surface area contributed by atoms with Gasteiger partial charge in [-0.1, -0.05) is 18.2 Å². The van der Waals surface area contributed by atoms with E-state index in [1.54, 1.807) is 12.4 Å². The Morgan fingerprint density at radius 2 is 1.77 bits per heavy atom. The third-order valence-electron chi connectivity index (χ3n) is 5.79. The molecule has 2 heterocycles. The van der Waals surface area contributed by atoms with Crippen molar-refractivity contribution in [3.8, 4) is 11.6 Å². The largest absolute Gasteiger partial charge is 0.436 e. The number of anilines is 2. The van der Waals surface area contributed by atoms with Crippen LogP contribution in [0.25, 0.3) is 0 Å². The molecule has 0 spiro atoms. The molecule has 6 heteroatoms. The number of aryl methyl sites for hydroxylation is 3. The van der Waals surface area contributed by atoms with Crippen LogP contribution in [0.5, 0.6) is 11.6 Å². The number of hydrogen-bond donors (Lipinski definition) is 1. The summed E-state index contributed by atoms with van der Waals surface area (Å²) in [6.07, 6.45) is 4.84. The highest BCUT2D eigenvalue weighted by atomic mass is 16.5. The highest BCUT2D eigenvalue weighted by molar-refractivity contribution is 5.92. The number of nitrogens with zero attached hydrogens (tertiary/aromatic N) is 3. The van der Waals surface area contributed by atoms with Crippen molar-refractivity contribution in [2.75, 3.05) is 23.3 Å². The second kappa shape index (κ2) is 9.16. The summed E-state index contributed by atoms with van der Waals surface area (Å²) in [6.45, 7) is 7.61. The maximum Gasteiger partial charge on any atom is 0.263 e. The minimum absolute atomic E-state index is 0.0179. The SMILES string of the molecule is Cc1cccc(Oc2nccnc2N2CCC(C(=O)Nc3ccc(C)c(C)c3)CC2)c1. The molecule has 1 aromatic heterocycles. The highest BCUT2D eigenvalue weighted by Crippen LogP contribution is 2.31. The number of piperidine rings is 1. The summed E-state index contributed by atoms with van der Waals surface area (Å²) in [5.74, 6) is 2.02. The van der Waals surface area contributed by atoms with Gasteiger partial charge in [0.05, 0.1) is 0 Å². The van der Waals surface area contributed by atoms with Crippen LogP contribution in [0, 0.1) is 26.7 Å². The van der Waals surface area contributed by atoms with Gasteiger partial charge in [0.15, 0.2) is 5.82 Å². The fourth-order valence-electron chi connectivity index (χ4n) is 3.81. The van der Waals surface area contributed by atoms with Crippen molar-refractivity contribution in [1.29, 1.82) is 0 Å². The predicted octanol–water partition coefficient (Wildman–Crippen LogP) is 5.05. The van der Waals surface area contributed by atoms with E-state index >= 15 is 0 Å². The number of hydrogen-bond acceptors (Lipinski definition) is 5. The minimum atomic E-state index is -0.0179. The van der Waals surface area contributed by atoms with E-state index in [-0.39, 0.29) is 11.8 Å². The van der Waals surface area contributed by atoms with Crippen molar-refractivity contribution in [1.82, 2.24) is 9.97 Å². The summed E-state index contributed by atoms with van der Waals surface area (Å²) in [4.78, 5) is 23.8. The van der Waals surface area contributed by atoms with Crippen LogP contribution in [0.3, 0.4) is 0 Å². The first-order chi connectivity index (χ1) is 15.0. The number of aromatic nitrogens is 2. The van der Waals surface area contributed by atoms with E-state index in [2.05, 4.69) is 34.0 Å². The molecule has 3 aromatic rings. The number of carbonyl (C=O) groups excluding carboxylic acids is 1. The standard InChI is InChI=1S/C25H28N4O2/c1-17-5-4-6-22(15-17)31-25-23(26-11-12-27-25)29-13-9-20(10-14-29)24(30)28-21-8-7-18(2)19(3)16-21/h4-8,11-12,15-16,20H,9-10,13-14H2,1-3H3,(H,28,30). The lowest BCUT2D eigenvalue weighted by Gasteiger charge is -2.32. The minimum Gasteiger partial charge on any atom is -0.436 e. The van der Waals surface area contributed by atoms with Crippen LogP contribution in [0.4, 0.5) is 11.5 Å². The normalized spacial score (nSPS) is 14.4. The highest BCUT2D eigenvalue weighted by Gasteiger charge is 2.27. The van der Waals surface area contributed by atoms with Gasteiger partial charge < -0.3 is 15.0 Å². The Bertz CT molecular complexity index is 1070. The Morgan fingerprint density at radius 1 is 1.00 bits per heavy atom. The molecule has 31 heavy (non-hydrogen) atoms. The Labute approximate surface area is 183 Å². The second-order valence-electron chi connectivity index (χ2n) is 8.15. The third-order valence-corrected chi connectivity index (χ3v) is 5.79. The van der Waals surface area contributed by atoms with Crippen LogP contribution >= 0.6 is 0 Å². The van der Waals surface area contributed by atoms with Crippen LogP contribution in [-0.2, 0) is 4.79 Å². The molecule has 1 aliphatic heterocycles. The summed E-state index contributed by atoms with van der Waals surface area (Å²) >= 11 is 0. The zero-order valence-corrected chi connectivity index (χ0v) is 18.3. The molecule has 0 bridgehead atoms. The molecule has 0 saturated carbocycles. The Balaban J connectivity index is 1.39. The molecular formula is C25H28N4O2. The zero-order chi connectivity index (χ0) is 21.8. The van der Waals surface area contributed by atoms with Gasteiger partial charge in [-0.2, -0.15) is 0 Å². The van der Waals surface area contributed by atoms with Crippen molar-refractivity contribution in [2.45, 2.75) is 33.6 Å². The molecule has 0 atom stereocenters. The third kappa shape index (κ3) is 5.02. The van der Waals surface area contributed by atoms with Crippen molar-refractivity contribution < 1.29 is 9.53 Å². The molecule has 1 aliphatic rings. The van der Waals surface area contributed by atoms with Crippen molar-refractivity contribution >= 4 is 17.4 Å². The van der Waals surface area contributed by atoms with Crippen LogP contribution < -0.4 is 15.0 Å². The molecule has 1 amide bonds. The molecular weight excluding hydrogens is 388 g/mol. The number of carbonyl (C=O) groups is 1. The number of rotatable bonds is 5. The molecule has 4 rings (SSSR count). The van der Waals surface area contributed by atoms with E-state index in [0.717, 1.165) is 48.7 Å². The lowest BCUT2D eigenvalue weighted by atomic mass is 9.95. The molecule has 1 N–H and O–H groups in total. The number of benzene rings is 2. The van der Waals surface area contributed by atoms with Crippen molar-refractivity contribution in [3.05, 3.63) is 71.5 Å². The van der Waals surface area contributed by atoms with Crippen molar-refractivity contribution in [3.63, 3.8) is 0 Å². The smallest absolute Gasteiger partial charge is 0.263 e. The van der Waals surface area contributed by atoms with Gasteiger partial charge in [0.1, 0.15) is 5.75 Å². The maximum atomic E-state index is 12.8. The summed E-state index contributed by atoms with van der Waals surface area (Å²) < 4.78 is 6.02.